The molecule has 4 atom stereocenters. The van der Waals surface area contributed by atoms with Crippen LogP contribution >= 0.6 is 8.58 Å². The first-order valence-electron chi connectivity index (χ1n) is 6.03. The Balaban J connectivity index is 0. The Morgan fingerprint density at radius 2 is 1.65 bits per heavy atom. The predicted molar refractivity (Wildman–Crippen MR) is 81.7 cm³/mol. The zero-order chi connectivity index (χ0) is 15.0. The van der Waals surface area contributed by atoms with E-state index in [2.05, 4.69) is 10.6 Å². The van der Waals surface area contributed by atoms with Crippen LogP contribution in [-0.4, -0.2) is 83.4 Å². The number of carbonyl (C=O) groups is 3. The molecule has 9 heteroatoms. The van der Waals surface area contributed by atoms with Crippen LogP contribution in [-0.2, 0) is 14.4 Å². The topological polar surface area (TPSA) is 122 Å². The summed E-state index contributed by atoms with van der Waals surface area (Å²) >= 11 is 0. The van der Waals surface area contributed by atoms with Crippen LogP contribution in [0.15, 0.2) is 0 Å². The minimum absolute atomic E-state index is 0. The molecule has 7 nitrogen and oxygen atoms in total. The fourth-order valence-corrected chi connectivity index (χ4v) is 1.82. The monoisotopic (exact) mass is 315 g/mol. The first-order valence-corrected chi connectivity index (χ1v) is 7.74. The molecule has 0 saturated heterocycles. The van der Waals surface area contributed by atoms with Gasteiger partial charge in [-0.2, -0.15) is 0 Å². The SMILES string of the molecule is CPCCC(N)C(=O)NC(C)C(=O)NC(C)C(=O)O.[NaH]. The second-order valence-electron chi connectivity index (χ2n) is 4.30. The molecule has 0 aromatic carbocycles. The summed E-state index contributed by atoms with van der Waals surface area (Å²) in [6.07, 6.45) is 1.44. The van der Waals surface area contributed by atoms with Gasteiger partial charge in [-0.25, -0.2) is 0 Å². The maximum absolute atomic E-state index is 11.7. The van der Waals surface area contributed by atoms with Crippen LogP contribution < -0.4 is 16.4 Å². The van der Waals surface area contributed by atoms with Gasteiger partial charge in [0.05, 0.1) is 6.04 Å². The van der Waals surface area contributed by atoms with E-state index in [1.54, 1.807) is 0 Å². The summed E-state index contributed by atoms with van der Waals surface area (Å²) in [6.45, 7) is 4.85. The average molecular weight is 315 g/mol. The minimum atomic E-state index is -1.13. The van der Waals surface area contributed by atoms with Gasteiger partial charge in [-0.15, -0.1) is 8.58 Å². The van der Waals surface area contributed by atoms with Crippen molar-refractivity contribution in [3.05, 3.63) is 0 Å². The Bertz CT molecular complexity index is 344. The summed E-state index contributed by atoms with van der Waals surface area (Å²) in [6, 6.07) is -2.45. The molecule has 4 unspecified atom stereocenters. The average Bonchev–Trinajstić information content (AvgIpc) is 2.35. The third-order valence-corrected chi connectivity index (χ3v) is 3.31. The molecule has 112 valence electrons. The van der Waals surface area contributed by atoms with Crippen LogP contribution in [0.4, 0.5) is 0 Å². The van der Waals surface area contributed by atoms with Crippen LogP contribution in [0.5, 0.6) is 0 Å². The van der Waals surface area contributed by atoms with Gasteiger partial charge in [-0.1, -0.05) is 0 Å². The van der Waals surface area contributed by atoms with Gasteiger partial charge in [0.25, 0.3) is 0 Å². The predicted octanol–water partition coefficient (Wildman–Crippen LogP) is -1.54. The zero-order valence-electron chi connectivity index (χ0n) is 11.4. The molecule has 0 radical (unpaired) electrons. The number of carboxylic acid groups (broad SMARTS) is 1. The second-order valence-corrected chi connectivity index (χ2v) is 5.50. The Morgan fingerprint density at radius 3 is 2.10 bits per heavy atom. The van der Waals surface area contributed by atoms with E-state index in [0.717, 1.165) is 14.7 Å². The number of rotatable bonds is 8. The molecule has 0 spiro atoms. The fraction of sp³-hybridized carbons (Fsp3) is 0.727. The number of carbonyl (C=O) groups excluding carboxylic acids is 2. The molecule has 0 bridgehead atoms. The molecule has 0 aliphatic rings. The van der Waals surface area contributed by atoms with Crippen molar-refractivity contribution in [3.63, 3.8) is 0 Å². The summed E-state index contributed by atoms with van der Waals surface area (Å²) in [5.74, 6) is -2.08. The molecule has 0 fully saturated rings. The number of aliphatic carboxylic acids is 1. The van der Waals surface area contributed by atoms with Gasteiger partial charge >= 0.3 is 35.5 Å². The van der Waals surface area contributed by atoms with Gasteiger partial charge in [0.15, 0.2) is 0 Å². The summed E-state index contributed by atoms with van der Waals surface area (Å²) in [5, 5.41) is 13.4. The molecular weight excluding hydrogens is 292 g/mol. The van der Waals surface area contributed by atoms with Gasteiger partial charge in [0.2, 0.25) is 11.8 Å². The molecule has 20 heavy (non-hydrogen) atoms. The van der Waals surface area contributed by atoms with Crippen LogP contribution in [0.25, 0.3) is 0 Å². The Hall–Kier alpha value is -0.200. The molecule has 0 aliphatic heterocycles. The first-order chi connectivity index (χ1) is 8.79. The summed E-state index contributed by atoms with van der Waals surface area (Å²) in [7, 11) is 0.724. The quantitative estimate of drug-likeness (QED) is 0.319. The van der Waals surface area contributed by atoms with E-state index in [9.17, 15) is 14.4 Å². The number of carboxylic acids is 1. The van der Waals surface area contributed by atoms with Gasteiger partial charge < -0.3 is 21.5 Å². The van der Waals surface area contributed by atoms with Crippen molar-refractivity contribution >= 4 is 55.9 Å². The van der Waals surface area contributed by atoms with Crippen LogP contribution in [0, 0.1) is 0 Å². The normalized spacial score (nSPS) is 15.0. The van der Waals surface area contributed by atoms with Crippen molar-refractivity contribution in [2.75, 3.05) is 12.8 Å². The molecule has 5 N–H and O–H groups in total. The van der Waals surface area contributed by atoms with E-state index in [1.807, 2.05) is 6.66 Å². The molecular formula is C11H23N3NaO4P. The van der Waals surface area contributed by atoms with Crippen molar-refractivity contribution in [3.8, 4) is 0 Å². The molecule has 0 heterocycles. The number of hydrogen-bond acceptors (Lipinski definition) is 4. The van der Waals surface area contributed by atoms with Crippen LogP contribution in [0.2, 0.25) is 0 Å². The van der Waals surface area contributed by atoms with Gasteiger partial charge in [0.1, 0.15) is 12.1 Å². The third-order valence-electron chi connectivity index (χ3n) is 2.52. The summed E-state index contributed by atoms with van der Waals surface area (Å²) in [4.78, 5) is 33.8. The van der Waals surface area contributed by atoms with E-state index in [4.69, 9.17) is 10.8 Å². The van der Waals surface area contributed by atoms with E-state index >= 15 is 0 Å². The molecule has 0 aromatic heterocycles. The third kappa shape index (κ3) is 8.87. The van der Waals surface area contributed by atoms with Gasteiger partial charge in [0, 0.05) is 0 Å². The van der Waals surface area contributed by atoms with Crippen molar-refractivity contribution in [2.24, 2.45) is 5.73 Å². The first kappa shape index (κ1) is 22.1. The standard InChI is InChI=1S/C11H22N3O4P.Na.H/c1-6(9(15)14-7(2)11(17)18)13-10(16)8(12)4-5-19-3;;/h6-8,19H,4-5,12H2,1-3H3,(H,13,16)(H,14,15)(H,17,18);;. The van der Waals surface area contributed by atoms with E-state index in [1.165, 1.54) is 13.8 Å². The Kier molecular flexibility index (Phi) is 12.7. The van der Waals surface area contributed by atoms with Crippen molar-refractivity contribution in [1.29, 1.82) is 0 Å². The maximum atomic E-state index is 11.7. The van der Waals surface area contributed by atoms with Crippen molar-refractivity contribution in [2.45, 2.75) is 38.4 Å². The number of nitrogens with two attached hydrogens (primary N) is 1. The van der Waals surface area contributed by atoms with E-state index < -0.39 is 35.9 Å². The molecule has 2 amide bonds. The number of hydrogen-bond donors (Lipinski definition) is 4. The Labute approximate surface area is 142 Å². The molecule has 0 saturated carbocycles. The second kappa shape index (κ2) is 11.5. The molecule has 0 aliphatic carbocycles. The van der Waals surface area contributed by atoms with Gasteiger partial charge in [-0.3, -0.25) is 14.4 Å². The Morgan fingerprint density at radius 1 is 1.15 bits per heavy atom. The van der Waals surface area contributed by atoms with E-state index in [0.29, 0.717) is 6.42 Å². The summed E-state index contributed by atoms with van der Waals surface area (Å²) in [5.41, 5.74) is 5.67. The number of nitrogens with one attached hydrogen (secondary N) is 2. The van der Waals surface area contributed by atoms with Crippen molar-refractivity contribution < 1.29 is 19.5 Å². The number of amides is 2. The zero-order valence-corrected chi connectivity index (χ0v) is 12.4. The molecule has 0 aromatic rings. The van der Waals surface area contributed by atoms with Gasteiger partial charge in [-0.05, 0) is 33.1 Å². The summed E-state index contributed by atoms with van der Waals surface area (Å²) < 4.78 is 0. The molecule has 0 rings (SSSR count). The van der Waals surface area contributed by atoms with Crippen molar-refractivity contribution in [1.82, 2.24) is 10.6 Å². The van der Waals surface area contributed by atoms with Crippen LogP contribution in [0.3, 0.4) is 0 Å². The van der Waals surface area contributed by atoms with Crippen LogP contribution in [0.1, 0.15) is 20.3 Å². The fourth-order valence-electron chi connectivity index (χ4n) is 1.22. The van der Waals surface area contributed by atoms with E-state index in [-0.39, 0.29) is 29.6 Å².